The van der Waals surface area contributed by atoms with Gasteiger partial charge in [-0.25, -0.2) is 4.98 Å². The Hall–Kier alpha value is -2.60. The highest BCUT2D eigenvalue weighted by Gasteiger charge is 2.16. The molecule has 0 aliphatic carbocycles. The molecule has 0 spiro atoms. The molecule has 0 aliphatic heterocycles. The molecule has 2 aromatic carbocycles. The number of nitrogens with one attached hydrogen (secondary N) is 1. The van der Waals surface area contributed by atoms with Crippen LogP contribution >= 0.6 is 11.8 Å². The van der Waals surface area contributed by atoms with E-state index in [4.69, 9.17) is 0 Å². The van der Waals surface area contributed by atoms with E-state index in [1.54, 1.807) is 10.6 Å². The second-order valence-corrected chi connectivity index (χ2v) is 8.10. The fourth-order valence-corrected chi connectivity index (χ4v) is 4.13. The number of rotatable bonds is 8. The average molecular weight is 410 g/mol. The lowest BCUT2D eigenvalue weighted by Crippen LogP contribution is -2.29. The maximum atomic E-state index is 13.0. The molecule has 1 amide bonds. The summed E-state index contributed by atoms with van der Waals surface area (Å²) in [5.41, 5.74) is 3.09. The summed E-state index contributed by atoms with van der Waals surface area (Å²) in [7, 11) is 0. The Kier molecular flexibility index (Phi) is 7.09. The van der Waals surface area contributed by atoms with Crippen LogP contribution in [-0.4, -0.2) is 27.8 Å². The summed E-state index contributed by atoms with van der Waals surface area (Å²) < 4.78 is 1.72. The van der Waals surface area contributed by atoms with E-state index in [-0.39, 0.29) is 23.3 Å². The lowest BCUT2D eigenvalue weighted by molar-refractivity contribution is -0.118. The number of amides is 1. The van der Waals surface area contributed by atoms with Gasteiger partial charge in [-0.2, -0.15) is 0 Å². The van der Waals surface area contributed by atoms with E-state index in [2.05, 4.69) is 29.4 Å². The van der Waals surface area contributed by atoms with Gasteiger partial charge in [0.2, 0.25) is 5.91 Å². The maximum Gasteiger partial charge on any atom is 0.262 e. The second-order valence-electron chi connectivity index (χ2n) is 7.16. The van der Waals surface area contributed by atoms with Crippen LogP contribution in [0, 0.1) is 6.92 Å². The zero-order chi connectivity index (χ0) is 20.8. The topological polar surface area (TPSA) is 64.0 Å². The largest absolute Gasteiger partial charge is 0.355 e. The summed E-state index contributed by atoms with van der Waals surface area (Å²) in [5.74, 6) is 0.177. The SMILES string of the molecule is CC[C@@H](C)n1c(SCC(=O)NCCc2ccccc2C)nc2ccccc2c1=O. The number of para-hydroxylation sites is 1. The predicted octanol–water partition coefficient (Wildman–Crippen LogP) is 4.13. The van der Waals surface area contributed by atoms with Crippen LogP contribution in [0.5, 0.6) is 0 Å². The van der Waals surface area contributed by atoms with Crippen molar-refractivity contribution in [3.8, 4) is 0 Å². The van der Waals surface area contributed by atoms with E-state index in [1.807, 2.05) is 44.2 Å². The Balaban J connectivity index is 1.68. The van der Waals surface area contributed by atoms with Crippen molar-refractivity contribution in [3.63, 3.8) is 0 Å². The number of nitrogens with zero attached hydrogens (tertiary/aromatic N) is 2. The van der Waals surface area contributed by atoms with Crippen LogP contribution in [0.2, 0.25) is 0 Å². The molecule has 6 heteroatoms. The Morgan fingerprint density at radius 2 is 1.90 bits per heavy atom. The van der Waals surface area contributed by atoms with Crippen molar-refractivity contribution >= 4 is 28.6 Å². The number of hydrogen-bond donors (Lipinski definition) is 1. The number of aromatic nitrogens is 2. The molecule has 0 saturated heterocycles. The molecular formula is C23H27N3O2S. The first-order chi connectivity index (χ1) is 14.0. The summed E-state index contributed by atoms with van der Waals surface area (Å²) in [5, 5.41) is 4.17. The van der Waals surface area contributed by atoms with Crippen LogP contribution in [0.4, 0.5) is 0 Å². The molecule has 0 fully saturated rings. The van der Waals surface area contributed by atoms with Gasteiger partial charge in [-0.05, 0) is 49.9 Å². The van der Waals surface area contributed by atoms with Crippen molar-refractivity contribution < 1.29 is 4.79 Å². The molecule has 1 heterocycles. The molecule has 5 nitrogen and oxygen atoms in total. The summed E-state index contributed by atoms with van der Waals surface area (Å²) in [4.78, 5) is 30.0. The normalized spacial score (nSPS) is 12.1. The highest BCUT2D eigenvalue weighted by Crippen LogP contribution is 2.22. The van der Waals surface area contributed by atoms with E-state index in [0.717, 1.165) is 12.8 Å². The molecule has 0 bridgehead atoms. The quantitative estimate of drug-likeness (QED) is 0.449. The number of carbonyl (C=O) groups is 1. The van der Waals surface area contributed by atoms with Gasteiger partial charge in [-0.1, -0.05) is 55.1 Å². The van der Waals surface area contributed by atoms with Gasteiger partial charge >= 0.3 is 0 Å². The molecule has 1 aromatic heterocycles. The number of benzene rings is 2. The zero-order valence-corrected chi connectivity index (χ0v) is 18.0. The van der Waals surface area contributed by atoms with Crippen LogP contribution in [0.1, 0.15) is 37.4 Å². The van der Waals surface area contributed by atoms with E-state index >= 15 is 0 Å². The van der Waals surface area contributed by atoms with E-state index in [1.165, 1.54) is 22.9 Å². The van der Waals surface area contributed by atoms with Gasteiger partial charge in [0.15, 0.2) is 5.16 Å². The predicted molar refractivity (Wildman–Crippen MR) is 120 cm³/mol. The van der Waals surface area contributed by atoms with E-state index in [9.17, 15) is 9.59 Å². The first kappa shape index (κ1) is 21.1. The monoisotopic (exact) mass is 409 g/mol. The van der Waals surface area contributed by atoms with Gasteiger partial charge in [0, 0.05) is 12.6 Å². The van der Waals surface area contributed by atoms with Crippen molar-refractivity contribution in [3.05, 3.63) is 70.0 Å². The Bertz CT molecular complexity index is 1060. The van der Waals surface area contributed by atoms with Crippen LogP contribution in [-0.2, 0) is 11.2 Å². The zero-order valence-electron chi connectivity index (χ0n) is 17.1. The molecule has 0 unspecified atom stereocenters. The van der Waals surface area contributed by atoms with Gasteiger partial charge in [0.05, 0.1) is 16.7 Å². The molecule has 29 heavy (non-hydrogen) atoms. The molecule has 0 radical (unpaired) electrons. The van der Waals surface area contributed by atoms with E-state index in [0.29, 0.717) is 22.6 Å². The number of hydrogen-bond acceptors (Lipinski definition) is 4. The molecule has 3 aromatic rings. The van der Waals surface area contributed by atoms with Crippen molar-refractivity contribution in [1.82, 2.24) is 14.9 Å². The minimum Gasteiger partial charge on any atom is -0.355 e. The lowest BCUT2D eigenvalue weighted by Gasteiger charge is -2.18. The highest BCUT2D eigenvalue weighted by molar-refractivity contribution is 7.99. The van der Waals surface area contributed by atoms with Crippen molar-refractivity contribution in [1.29, 1.82) is 0 Å². The fraction of sp³-hybridized carbons (Fsp3) is 0.348. The van der Waals surface area contributed by atoms with Crippen LogP contribution in [0.3, 0.4) is 0 Å². The minimum absolute atomic E-state index is 0.0197. The average Bonchev–Trinajstić information content (AvgIpc) is 2.73. The molecular weight excluding hydrogens is 382 g/mol. The van der Waals surface area contributed by atoms with E-state index < -0.39 is 0 Å². The van der Waals surface area contributed by atoms with Gasteiger partial charge in [0.1, 0.15) is 0 Å². The maximum absolute atomic E-state index is 13.0. The Morgan fingerprint density at radius 3 is 2.66 bits per heavy atom. The molecule has 152 valence electrons. The van der Waals surface area contributed by atoms with Gasteiger partial charge in [-0.3, -0.25) is 14.2 Å². The standard InChI is InChI=1S/C23H27N3O2S/c1-4-17(3)26-22(28)19-11-7-8-12-20(19)25-23(26)29-15-21(27)24-14-13-18-10-6-5-9-16(18)2/h5-12,17H,4,13-15H2,1-3H3,(H,24,27)/t17-/m1/s1. The summed E-state index contributed by atoms with van der Waals surface area (Å²) >= 11 is 1.32. The first-order valence-electron chi connectivity index (χ1n) is 9.96. The van der Waals surface area contributed by atoms with Crippen molar-refractivity contribution in [2.24, 2.45) is 0 Å². The Labute approximate surface area is 175 Å². The van der Waals surface area contributed by atoms with Crippen LogP contribution in [0.15, 0.2) is 58.5 Å². The molecule has 0 saturated carbocycles. The third-order valence-corrected chi connectivity index (χ3v) is 6.07. The molecule has 0 aliphatic rings. The fourth-order valence-electron chi connectivity index (χ4n) is 3.21. The lowest BCUT2D eigenvalue weighted by atomic mass is 10.1. The molecule has 3 rings (SSSR count). The number of fused-ring (bicyclic) bond motifs is 1. The second kappa shape index (κ2) is 9.74. The third kappa shape index (κ3) is 5.07. The van der Waals surface area contributed by atoms with Crippen molar-refractivity contribution in [2.45, 2.75) is 44.8 Å². The van der Waals surface area contributed by atoms with Crippen LogP contribution in [0.25, 0.3) is 10.9 Å². The highest BCUT2D eigenvalue weighted by atomic mass is 32.2. The third-order valence-electron chi connectivity index (χ3n) is 5.12. The smallest absolute Gasteiger partial charge is 0.262 e. The van der Waals surface area contributed by atoms with Crippen molar-refractivity contribution in [2.75, 3.05) is 12.3 Å². The Morgan fingerprint density at radius 1 is 1.17 bits per heavy atom. The number of thioether (sulfide) groups is 1. The molecule has 1 N–H and O–H groups in total. The van der Waals surface area contributed by atoms with Gasteiger partial charge in [0.25, 0.3) is 5.56 Å². The van der Waals surface area contributed by atoms with Gasteiger partial charge < -0.3 is 5.32 Å². The number of aryl methyl sites for hydroxylation is 1. The first-order valence-corrected chi connectivity index (χ1v) is 10.9. The van der Waals surface area contributed by atoms with Gasteiger partial charge in [-0.15, -0.1) is 0 Å². The molecule has 1 atom stereocenters. The van der Waals surface area contributed by atoms with Crippen LogP contribution < -0.4 is 10.9 Å². The number of carbonyl (C=O) groups excluding carboxylic acids is 1. The summed E-state index contributed by atoms with van der Waals surface area (Å²) in [6, 6.07) is 15.6. The summed E-state index contributed by atoms with van der Waals surface area (Å²) in [6.07, 6.45) is 1.62. The minimum atomic E-state index is -0.0540. The summed E-state index contributed by atoms with van der Waals surface area (Å²) in [6.45, 7) is 6.71.